The lowest BCUT2D eigenvalue weighted by molar-refractivity contribution is -0.117. The molecule has 1 aromatic rings. The Hall–Kier alpha value is -1.84. The Bertz CT molecular complexity index is 473. The molecule has 0 radical (unpaired) electrons. The first-order chi connectivity index (χ1) is 8.69. The van der Waals surface area contributed by atoms with Crippen LogP contribution in [0.15, 0.2) is 24.3 Å². The third-order valence-corrected chi connectivity index (χ3v) is 2.49. The normalized spacial score (nSPS) is 11.0. The SMILES string of the molecule is CN(C)C(=O)c1cccc(NC(=O)CC(C)(C)C)c1. The first kappa shape index (κ1) is 15.2. The van der Waals surface area contributed by atoms with Crippen LogP contribution in [0.5, 0.6) is 0 Å². The summed E-state index contributed by atoms with van der Waals surface area (Å²) in [5.41, 5.74) is 1.17. The maximum absolute atomic E-state index is 11.8. The summed E-state index contributed by atoms with van der Waals surface area (Å²) in [6.45, 7) is 6.04. The number of carbonyl (C=O) groups excluding carboxylic acids is 2. The smallest absolute Gasteiger partial charge is 0.253 e. The molecule has 0 atom stereocenters. The van der Waals surface area contributed by atoms with E-state index in [0.29, 0.717) is 17.7 Å². The molecule has 0 spiro atoms. The maximum atomic E-state index is 11.8. The number of nitrogens with one attached hydrogen (secondary N) is 1. The van der Waals surface area contributed by atoms with Crippen molar-refractivity contribution in [3.63, 3.8) is 0 Å². The summed E-state index contributed by atoms with van der Waals surface area (Å²) in [5.74, 6) is -0.117. The summed E-state index contributed by atoms with van der Waals surface area (Å²) in [5, 5.41) is 2.82. The van der Waals surface area contributed by atoms with Crippen LogP contribution >= 0.6 is 0 Å². The molecule has 1 aromatic carbocycles. The predicted octanol–water partition coefficient (Wildman–Crippen LogP) is 2.76. The molecule has 0 fully saturated rings. The molecule has 0 saturated heterocycles. The van der Waals surface area contributed by atoms with E-state index in [9.17, 15) is 9.59 Å². The van der Waals surface area contributed by atoms with Crippen LogP contribution in [0.3, 0.4) is 0 Å². The molecule has 0 aliphatic carbocycles. The van der Waals surface area contributed by atoms with Crippen molar-refractivity contribution in [2.45, 2.75) is 27.2 Å². The number of anilines is 1. The van der Waals surface area contributed by atoms with Crippen LogP contribution in [0, 0.1) is 5.41 Å². The van der Waals surface area contributed by atoms with Crippen molar-refractivity contribution in [3.05, 3.63) is 29.8 Å². The number of hydrogen-bond donors (Lipinski definition) is 1. The van der Waals surface area contributed by atoms with E-state index in [1.165, 1.54) is 4.90 Å². The number of benzene rings is 1. The van der Waals surface area contributed by atoms with Crippen molar-refractivity contribution < 1.29 is 9.59 Å². The highest BCUT2D eigenvalue weighted by molar-refractivity contribution is 5.97. The van der Waals surface area contributed by atoms with Gasteiger partial charge in [0, 0.05) is 31.8 Å². The molecule has 0 aliphatic rings. The number of amides is 2. The predicted molar refractivity (Wildman–Crippen MR) is 77.2 cm³/mol. The molecule has 1 rings (SSSR count). The Labute approximate surface area is 114 Å². The lowest BCUT2D eigenvalue weighted by Gasteiger charge is -2.17. The lowest BCUT2D eigenvalue weighted by Crippen LogP contribution is -2.22. The van der Waals surface area contributed by atoms with E-state index in [2.05, 4.69) is 5.32 Å². The standard InChI is InChI=1S/C15H22N2O2/c1-15(2,3)10-13(18)16-12-8-6-7-11(9-12)14(19)17(4)5/h6-9H,10H2,1-5H3,(H,16,18). The van der Waals surface area contributed by atoms with Gasteiger partial charge < -0.3 is 10.2 Å². The average molecular weight is 262 g/mol. The third kappa shape index (κ3) is 5.12. The van der Waals surface area contributed by atoms with Crippen LogP contribution in [0.2, 0.25) is 0 Å². The summed E-state index contributed by atoms with van der Waals surface area (Å²) in [6.07, 6.45) is 0.443. The van der Waals surface area contributed by atoms with Crippen molar-refractivity contribution >= 4 is 17.5 Å². The first-order valence-electron chi connectivity index (χ1n) is 6.30. The molecular formula is C15H22N2O2. The van der Waals surface area contributed by atoms with Crippen molar-refractivity contribution in [1.82, 2.24) is 4.90 Å². The number of rotatable bonds is 3. The van der Waals surface area contributed by atoms with Crippen LogP contribution in [0.4, 0.5) is 5.69 Å². The monoisotopic (exact) mass is 262 g/mol. The Kier molecular flexibility index (Phi) is 4.70. The molecule has 19 heavy (non-hydrogen) atoms. The largest absolute Gasteiger partial charge is 0.345 e. The van der Waals surface area contributed by atoms with Gasteiger partial charge in [-0.15, -0.1) is 0 Å². The van der Waals surface area contributed by atoms with E-state index < -0.39 is 0 Å². The molecule has 0 aromatic heterocycles. The summed E-state index contributed by atoms with van der Waals surface area (Å²) < 4.78 is 0. The molecule has 0 aliphatic heterocycles. The molecule has 1 N–H and O–H groups in total. The van der Waals surface area contributed by atoms with Gasteiger partial charge in [0.05, 0.1) is 0 Å². The topological polar surface area (TPSA) is 49.4 Å². The molecule has 4 nitrogen and oxygen atoms in total. The Balaban J connectivity index is 2.78. The van der Waals surface area contributed by atoms with E-state index in [1.807, 2.05) is 20.8 Å². The highest BCUT2D eigenvalue weighted by Gasteiger charge is 2.16. The van der Waals surface area contributed by atoms with E-state index in [1.54, 1.807) is 38.4 Å². The molecule has 104 valence electrons. The number of nitrogens with zero attached hydrogens (tertiary/aromatic N) is 1. The van der Waals surface area contributed by atoms with Crippen LogP contribution in [0.25, 0.3) is 0 Å². The first-order valence-corrected chi connectivity index (χ1v) is 6.30. The maximum Gasteiger partial charge on any atom is 0.253 e. The second-order valence-electron chi connectivity index (χ2n) is 6.07. The van der Waals surface area contributed by atoms with Gasteiger partial charge in [0.25, 0.3) is 5.91 Å². The minimum atomic E-state index is -0.0769. The van der Waals surface area contributed by atoms with Gasteiger partial charge in [-0.1, -0.05) is 26.8 Å². The van der Waals surface area contributed by atoms with Crippen LogP contribution < -0.4 is 5.32 Å². The molecular weight excluding hydrogens is 240 g/mol. The van der Waals surface area contributed by atoms with Crippen LogP contribution in [-0.4, -0.2) is 30.8 Å². The molecule has 4 heteroatoms. The van der Waals surface area contributed by atoms with Gasteiger partial charge in [0.1, 0.15) is 0 Å². The fourth-order valence-electron chi connectivity index (χ4n) is 1.68. The van der Waals surface area contributed by atoms with Gasteiger partial charge in [-0.25, -0.2) is 0 Å². The van der Waals surface area contributed by atoms with E-state index in [-0.39, 0.29) is 17.2 Å². The Morgan fingerprint density at radius 2 is 1.84 bits per heavy atom. The molecule has 2 amide bonds. The Morgan fingerprint density at radius 1 is 1.21 bits per heavy atom. The van der Waals surface area contributed by atoms with Crippen LogP contribution in [-0.2, 0) is 4.79 Å². The van der Waals surface area contributed by atoms with E-state index in [0.717, 1.165) is 0 Å². The summed E-state index contributed by atoms with van der Waals surface area (Å²) in [4.78, 5) is 25.2. The zero-order valence-electron chi connectivity index (χ0n) is 12.3. The highest BCUT2D eigenvalue weighted by atomic mass is 16.2. The van der Waals surface area contributed by atoms with E-state index >= 15 is 0 Å². The van der Waals surface area contributed by atoms with Crippen molar-refractivity contribution in [2.24, 2.45) is 5.41 Å². The fraction of sp³-hybridized carbons (Fsp3) is 0.467. The van der Waals surface area contributed by atoms with Gasteiger partial charge in [0.15, 0.2) is 0 Å². The number of hydrogen-bond acceptors (Lipinski definition) is 2. The average Bonchev–Trinajstić information content (AvgIpc) is 2.25. The van der Waals surface area contributed by atoms with Crippen molar-refractivity contribution in [2.75, 3.05) is 19.4 Å². The molecule has 0 heterocycles. The van der Waals surface area contributed by atoms with Gasteiger partial charge in [0.2, 0.25) is 5.91 Å². The summed E-state index contributed by atoms with van der Waals surface area (Å²) in [7, 11) is 3.40. The fourth-order valence-corrected chi connectivity index (χ4v) is 1.68. The highest BCUT2D eigenvalue weighted by Crippen LogP contribution is 2.20. The van der Waals surface area contributed by atoms with Gasteiger partial charge in [-0.2, -0.15) is 0 Å². The second kappa shape index (κ2) is 5.87. The molecule has 0 unspecified atom stereocenters. The zero-order chi connectivity index (χ0) is 14.6. The van der Waals surface area contributed by atoms with Gasteiger partial charge in [-0.05, 0) is 23.6 Å². The van der Waals surface area contributed by atoms with Gasteiger partial charge >= 0.3 is 0 Å². The summed E-state index contributed by atoms with van der Waals surface area (Å²) >= 11 is 0. The quantitative estimate of drug-likeness (QED) is 0.910. The lowest BCUT2D eigenvalue weighted by atomic mass is 9.92. The third-order valence-electron chi connectivity index (χ3n) is 2.49. The molecule has 0 bridgehead atoms. The summed E-state index contributed by atoms with van der Waals surface area (Å²) in [6, 6.07) is 6.99. The van der Waals surface area contributed by atoms with Crippen LogP contribution in [0.1, 0.15) is 37.6 Å². The minimum absolute atomic E-state index is 0.0399. The van der Waals surface area contributed by atoms with E-state index in [4.69, 9.17) is 0 Å². The van der Waals surface area contributed by atoms with Crippen molar-refractivity contribution in [1.29, 1.82) is 0 Å². The second-order valence-corrected chi connectivity index (χ2v) is 6.07. The zero-order valence-corrected chi connectivity index (χ0v) is 12.3. The minimum Gasteiger partial charge on any atom is -0.345 e. The Morgan fingerprint density at radius 3 is 2.37 bits per heavy atom. The number of carbonyl (C=O) groups is 2. The molecule has 0 saturated carbocycles. The van der Waals surface area contributed by atoms with Gasteiger partial charge in [-0.3, -0.25) is 9.59 Å². The van der Waals surface area contributed by atoms with Crippen molar-refractivity contribution in [3.8, 4) is 0 Å².